The fourth-order valence-corrected chi connectivity index (χ4v) is 4.47. The SMILES string of the molecule is CC(CS(C)(=O)=O)NCC1CCC2(CCCCC2)O1. The Labute approximate surface area is 117 Å². The minimum absolute atomic E-state index is 0.00139. The smallest absolute Gasteiger partial charge is 0.148 e. The zero-order valence-electron chi connectivity index (χ0n) is 12.2. The topological polar surface area (TPSA) is 55.4 Å². The van der Waals surface area contributed by atoms with Crippen LogP contribution in [0.4, 0.5) is 0 Å². The highest BCUT2D eigenvalue weighted by Gasteiger charge is 2.40. The Hall–Kier alpha value is -0.130. The zero-order valence-corrected chi connectivity index (χ0v) is 13.0. The first-order valence-electron chi connectivity index (χ1n) is 7.48. The van der Waals surface area contributed by atoms with Crippen LogP contribution in [0.1, 0.15) is 51.9 Å². The van der Waals surface area contributed by atoms with Gasteiger partial charge in [-0.15, -0.1) is 0 Å². The van der Waals surface area contributed by atoms with Crippen LogP contribution in [0, 0.1) is 0 Å². The maximum atomic E-state index is 11.2. The van der Waals surface area contributed by atoms with E-state index in [0.717, 1.165) is 13.0 Å². The minimum atomic E-state index is -2.90. The molecule has 2 rings (SSSR count). The molecule has 1 aliphatic heterocycles. The van der Waals surface area contributed by atoms with Gasteiger partial charge in [0.15, 0.2) is 0 Å². The molecule has 1 aliphatic carbocycles. The molecule has 2 unspecified atom stereocenters. The molecule has 19 heavy (non-hydrogen) atoms. The third kappa shape index (κ3) is 4.72. The Morgan fingerprint density at radius 3 is 2.58 bits per heavy atom. The average Bonchev–Trinajstić information content (AvgIpc) is 2.69. The molecule has 0 aromatic heterocycles. The predicted molar refractivity (Wildman–Crippen MR) is 77.1 cm³/mol. The van der Waals surface area contributed by atoms with Gasteiger partial charge >= 0.3 is 0 Å². The van der Waals surface area contributed by atoms with Gasteiger partial charge in [0, 0.05) is 18.8 Å². The van der Waals surface area contributed by atoms with Gasteiger partial charge in [-0.1, -0.05) is 19.3 Å². The van der Waals surface area contributed by atoms with E-state index < -0.39 is 9.84 Å². The maximum absolute atomic E-state index is 11.2. The van der Waals surface area contributed by atoms with Crippen LogP contribution in [0.25, 0.3) is 0 Å². The number of hydrogen-bond donors (Lipinski definition) is 1. The summed E-state index contributed by atoms with van der Waals surface area (Å²) >= 11 is 0. The van der Waals surface area contributed by atoms with E-state index in [-0.39, 0.29) is 23.5 Å². The molecule has 0 radical (unpaired) electrons. The summed E-state index contributed by atoms with van der Waals surface area (Å²) < 4.78 is 28.7. The molecule has 1 N–H and O–H groups in total. The summed E-state index contributed by atoms with van der Waals surface area (Å²) in [6, 6.07) is 0.00139. The average molecular weight is 289 g/mol. The molecule has 2 fully saturated rings. The molecule has 5 heteroatoms. The Kier molecular flexibility index (Phi) is 4.90. The van der Waals surface area contributed by atoms with E-state index in [4.69, 9.17) is 4.74 Å². The van der Waals surface area contributed by atoms with Crippen molar-refractivity contribution in [3.05, 3.63) is 0 Å². The van der Waals surface area contributed by atoms with Crippen molar-refractivity contribution in [1.82, 2.24) is 5.32 Å². The third-order valence-corrected chi connectivity index (χ3v) is 5.46. The fourth-order valence-electron chi connectivity index (χ4n) is 3.45. The molecular formula is C14H27NO3S. The first kappa shape index (κ1) is 15.3. The highest BCUT2D eigenvalue weighted by molar-refractivity contribution is 7.90. The molecule has 0 amide bonds. The summed E-state index contributed by atoms with van der Waals surface area (Å²) in [4.78, 5) is 0. The van der Waals surface area contributed by atoms with Crippen molar-refractivity contribution in [2.45, 2.75) is 69.6 Å². The van der Waals surface area contributed by atoms with E-state index in [1.807, 2.05) is 6.92 Å². The van der Waals surface area contributed by atoms with Crippen LogP contribution in [0.3, 0.4) is 0 Å². The quantitative estimate of drug-likeness (QED) is 0.840. The van der Waals surface area contributed by atoms with Gasteiger partial charge in [-0.05, 0) is 32.6 Å². The van der Waals surface area contributed by atoms with Gasteiger partial charge in [-0.3, -0.25) is 0 Å². The lowest BCUT2D eigenvalue weighted by atomic mass is 9.83. The van der Waals surface area contributed by atoms with Crippen LogP contribution >= 0.6 is 0 Å². The number of sulfone groups is 1. The summed E-state index contributed by atoms with van der Waals surface area (Å²) in [5.74, 6) is 0.199. The molecule has 0 bridgehead atoms. The minimum Gasteiger partial charge on any atom is -0.370 e. The van der Waals surface area contributed by atoms with Crippen molar-refractivity contribution < 1.29 is 13.2 Å². The lowest BCUT2D eigenvalue weighted by Gasteiger charge is -2.33. The summed E-state index contributed by atoms with van der Waals surface area (Å²) in [6.07, 6.45) is 10.2. The largest absolute Gasteiger partial charge is 0.370 e. The Morgan fingerprint density at radius 2 is 1.95 bits per heavy atom. The highest BCUT2D eigenvalue weighted by Crippen LogP contribution is 2.41. The van der Waals surface area contributed by atoms with Crippen LogP contribution in [0.2, 0.25) is 0 Å². The van der Waals surface area contributed by atoms with E-state index in [2.05, 4.69) is 5.32 Å². The molecular weight excluding hydrogens is 262 g/mol. The van der Waals surface area contributed by atoms with Crippen molar-refractivity contribution in [3.63, 3.8) is 0 Å². The van der Waals surface area contributed by atoms with Gasteiger partial charge in [0.05, 0.1) is 17.5 Å². The summed E-state index contributed by atoms with van der Waals surface area (Å²) in [5, 5.41) is 3.30. The number of hydrogen-bond acceptors (Lipinski definition) is 4. The number of ether oxygens (including phenoxy) is 1. The second-order valence-electron chi connectivity index (χ2n) is 6.42. The van der Waals surface area contributed by atoms with Crippen molar-refractivity contribution in [3.8, 4) is 0 Å². The van der Waals surface area contributed by atoms with Gasteiger partial charge in [0.25, 0.3) is 0 Å². The van der Waals surface area contributed by atoms with Crippen molar-refractivity contribution >= 4 is 9.84 Å². The van der Waals surface area contributed by atoms with E-state index in [0.29, 0.717) is 0 Å². The Balaban J connectivity index is 1.73. The Morgan fingerprint density at radius 1 is 1.26 bits per heavy atom. The molecule has 1 saturated heterocycles. The third-order valence-electron chi connectivity index (χ3n) is 4.35. The van der Waals surface area contributed by atoms with E-state index in [9.17, 15) is 8.42 Å². The fraction of sp³-hybridized carbons (Fsp3) is 1.00. The molecule has 0 aromatic rings. The van der Waals surface area contributed by atoms with E-state index in [1.54, 1.807) is 0 Å². The van der Waals surface area contributed by atoms with Crippen molar-refractivity contribution in [2.24, 2.45) is 0 Å². The zero-order chi connectivity index (χ0) is 13.9. The van der Waals surface area contributed by atoms with Crippen LogP contribution < -0.4 is 5.32 Å². The van der Waals surface area contributed by atoms with Crippen LogP contribution in [0.15, 0.2) is 0 Å². The molecule has 0 aromatic carbocycles. The number of nitrogens with one attached hydrogen (secondary N) is 1. The first-order chi connectivity index (χ1) is 8.89. The van der Waals surface area contributed by atoms with Gasteiger partial charge in [0.2, 0.25) is 0 Å². The standard InChI is InChI=1S/C14H27NO3S/c1-12(11-19(2,16)17)15-10-13-6-9-14(18-13)7-4-3-5-8-14/h12-13,15H,3-11H2,1-2H3. The highest BCUT2D eigenvalue weighted by atomic mass is 32.2. The summed E-state index contributed by atoms with van der Waals surface area (Å²) in [7, 11) is -2.90. The maximum Gasteiger partial charge on any atom is 0.148 e. The van der Waals surface area contributed by atoms with Gasteiger partial charge < -0.3 is 10.1 Å². The lowest BCUT2D eigenvalue weighted by molar-refractivity contribution is -0.0627. The second-order valence-corrected chi connectivity index (χ2v) is 8.61. The second kappa shape index (κ2) is 6.10. The molecule has 1 spiro atoms. The lowest BCUT2D eigenvalue weighted by Crippen LogP contribution is -2.39. The summed E-state index contributed by atoms with van der Waals surface area (Å²) in [6.45, 7) is 2.70. The van der Waals surface area contributed by atoms with Crippen LogP contribution in [-0.2, 0) is 14.6 Å². The molecule has 112 valence electrons. The first-order valence-corrected chi connectivity index (χ1v) is 9.54. The molecule has 2 atom stereocenters. The van der Waals surface area contributed by atoms with E-state index >= 15 is 0 Å². The van der Waals surface area contributed by atoms with Crippen molar-refractivity contribution in [1.29, 1.82) is 0 Å². The predicted octanol–water partition coefficient (Wildman–Crippen LogP) is 1.89. The normalized spacial score (nSPS) is 28.6. The van der Waals surface area contributed by atoms with Gasteiger partial charge in [0.1, 0.15) is 9.84 Å². The molecule has 1 heterocycles. The van der Waals surface area contributed by atoms with Crippen molar-refractivity contribution in [2.75, 3.05) is 18.6 Å². The molecule has 2 aliphatic rings. The van der Waals surface area contributed by atoms with Crippen LogP contribution in [-0.4, -0.2) is 44.7 Å². The molecule has 4 nitrogen and oxygen atoms in total. The van der Waals surface area contributed by atoms with Gasteiger partial charge in [-0.2, -0.15) is 0 Å². The van der Waals surface area contributed by atoms with Crippen LogP contribution in [0.5, 0.6) is 0 Å². The molecule has 1 saturated carbocycles. The van der Waals surface area contributed by atoms with Gasteiger partial charge in [-0.25, -0.2) is 8.42 Å². The number of rotatable bonds is 5. The summed E-state index contributed by atoms with van der Waals surface area (Å²) in [5.41, 5.74) is 0.157. The van der Waals surface area contributed by atoms with E-state index in [1.165, 1.54) is 44.8 Å². The monoisotopic (exact) mass is 289 g/mol. The Bertz CT molecular complexity index is 387.